The van der Waals surface area contributed by atoms with Crippen LogP contribution in [0, 0.1) is 0 Å². The number of benzene rings is 1. The number of carbonyl (C=O) groups excluding carboxylic acids is 1. The topological polar surface area (TPSA) is 53.0 Å². The minimum Gasteiger partial charge on any atom is -0.448 e. The molecular weight excluding hydrogens is 268 g/mol. The first-order valence-corrected chi connectivity index (χ1v) is 7.64. The number of fused-ring (bicyclic) bond motifs is 1. The number of amides is 1. The number of rotatable bonds is 6. The number of nitrogens with zero attached hydrogens (tertiary/aromatic N) is 2. The molecule has 1 N–H and O–H groups in total. The summed E-state index contributed by atoms with van der Waals surface area (Å²) < 4.78 is 4.96. The van der Waals surface area contributed by atoms with Gasteiger partial charge >= 0.3 is 6.09 Å². The lowest BCUT2D eigenvalue weighted by atomic mass is 10.1. The van der Waals surface area contributed by atoms with Crippen molar-refractivity contribution in [2.24, 2.45) is 0 Å². The molecule has 0 unspecified atom stereocenters. The Balaban J connectivity index is 1.66. The summed E-state index contributed by atoms with van der Waals surface area (Å²) in [7, 11) is 0. The van der Waals surface area contributed by atoms with Gasteiger partial charge in [-0.05, 0) is 24.0 Å². The zero-order chi connectivity index (χ0) is 14.7. The second-order valence-electron chi connectivity index (χ2n) is 5.61. The third-order valence-electron chi connectivity index (χ3n) is 4.43. The lowest BCUT2D eigenvalue weighted by Crippen LogP contribution is -2.38. The fourth-order valence-electron chi connectivity index (χ4n) is 3.34. The normalized spacial score (nSPS) is 21.0. The molecule has 1 atom stereocenters. The summed E-state index contributed by atoms with van der Waals surface area (Å²) in [6.45, 7) is 3.38. The van der Waals surface area contributed by atoms with Gasteiger partial charge in [-0.2, -0.15) is 0 Å². The van der Waals surface area contributed by atoms with Crippen LogP contribution in [0.1, 0.15) is 23.6 Å². The average molecular weight is 290 g/mol. The van der Waals surface area contributed by atoms with Crippen molar-refractivity contribution in [1.82, 2.24) is 9.80 Å². The highest BCUT2D eigenvalue weighted by atomic mass is 16.6. The Labute approximate surface area is 125 Å². The Morgan fingerprint density at radius 2 is 2.19 bits per heavy atom. The lowest BCUT2D eigenvalue weighted by Gasteiger charge is -2.30. The van der Waals surface area contributed by atoms with Crippen molar-refractivity contribution in [1.29, 1.82) is 0 Å². The van der Waals surface area contributed by atoms with Gasteiger partial charge in [-0.15, -0.1) is 0 Å². The molecule has 5 nitrogen and oxygen atoms in total. The molecule has 2 aliphatic rings. The van der Waals surface area contributed by atoms with E-state index in [1.54, 1.807) is 4.90 Å². The van der Waals surface area contributed by atoms with E-state index in [0.717, 1.165) is 19.4 Å². The quantitative estimate of drug-likeness (QED) is 0.861. The molecular formula is C16H22N2O3. The van der Waals surface area contributed by atoms with Gasteiger partial charge in [0.2, 0.25) is 0 Å². The number of cyclic esters (lactones) is 1. The fourth-order valence-corrected chi connectivity index (χ4v) is 3.34. The number of hydrogen-bond donors (Lipinski definition) is 1. The standard InChI is InChI=1S/C16H22N2O3/c19-11-9-17(7-8-18-10-12-21-16(18)20)15-6-5-13-3-1-2-4-14(13)15/h1-4,15,19H,5-12H2/t15-/m0/s1. The minimum atomic E-state index is -0.217. The van der Waals surface area contributed by atoms with Crippen LogP contribution in [0.5, 0.6) is 0 Å². The maximum Gasteiger partial charge on any atom is 0.409 e. The maximum atomic E-state index is 11.5. The van der Waals surface area contributed by atoms with E-state index in [-0.39, 0.29) is 12.7 Å². The molecule has 3 rings (SSSR count). The summed E-state index contributed by atoms with van der Waals surface area (Å²) in [6.07, 6.45) is 1.96. The zero-order valence-corrected chi connectivity index (χ0v) is 12.2. The second-order valence-corrected chi connectivity index (χ2v) is 5.61. The Hall–Kier alpha value is -1.59. The van der Waals surface area contributed by atoms with Crippen LogP contribution in [0.25, 0.3) is 0 Å². The van der Waals surface area contributed by atoms with E-state index in [9.17, 15) is 9.90 Å². The van der Waals surface area contributed by atoms with Crippen LogP contribution in [0.2, 0.25) is 0 Å². The number of carbonyl (C=O) groups is 1. The maximum absolute atomic E-state index is 11.5. The zero-order valence-electron chi connectivity index (χ0n) is 12.2. The number of aliphatic hydroxyl groups is 1. The molecule has 1 fully saturated rings. The molecule has 1 aliphatic carbocycles. The van der Waals surface area contributed by atoms with E-state index >= 15 is 0 Å². The van der Waals surface area contributed by atoms with E-state index in [0.29, 0.717) is 32.3 Å². The summed E-state index contributed by atoms with van der Waals surface area (Å²) in [5.74, 6) is 0. The molecule has 114 valence electrons. The van der Waals surface area contributed by atoms with Crippen LogP contribution < -0.4 is 0 Å². The molecule has 1 amide bonds. The summed E-state index contributed by atoms with van der Waals surface area (Å²) >= 11 is 0. The molecule has 0 radical (unpaired) electrons. The molecule has 5 heteroatoms. The molecule has 0 saturated carbocycles. The summed E-state index contributed by atoms with van der Waals surface area (Å²) in [5, 5.41) is 9.34. The van der Waals surface area contributed by atoms with Gasteiger partial charge < -0.3 is 14.7 Å². The van der Waals surface area contributed by atoms with E-state index < -0.39 is 0 Å². The van der Waals surface area contributed by atoms with Gasteiger partial charge in [0, 0.05) is 25.7 Å². The van der Waals surface area contributed by atoms with Gasteiger partial charge in [-0.25, -0.2) is 4.79 Å². The highest BCUT2D eigenvalue weighted by Gasteiger charge is 2.29. The van der Waals surface area contributed by atoms with Gasteiger partial charge in [-0.1, -0.05) is 24.3 Å². The summed E-state index contributed by atoms with van der Waals surface area (Å²) in [4.78, 5) is 15.5. The van der Waals surface area contributed by atoms with Crippen molar-refractivity contribution >= 4 is 6.09 Å². The monoisotopic (exact) mass is 290 g/mol. The van der Waals surface area contributed by atoms with Crippen LogP contribution in [-0.2, 0) is 11.2 Å². The minimum absolute atomic E-state index is 0.142. The summed E-state index contributed by atoms with van der Waals surface area (Å²) in [6, 6.07) is 8.88. The molecule has 1 aliphatic heterocycles. The van der Waals surface area contributed by atoms with Gasteiger partial charge in [0.05, 0.1) is 13.2 Å². The smallest absolute Gasteiger partial charge is 0.409 e. The molecule has 1 heterocycles. The Morgan fingerprint density at radius 3 is 2.95 bits per heavy atom. The van der Waals surface area contributed by atoms with E-state index in [1.807, 2.05) is 0 Å². The first-order chi connectivity index (χ1) is 10.3. The molecule has 21 heavy (non-hydrogen) atoms. The Morgan fingerprint density at radius 1 is 1.33 bits per heavy atom. The van der Waals surface area contributed by atoms with Crippen molar-refractivity contribution in [2.75, 3.05) is 39.4 Å². The van der Waals surface area contributed by atoms with Crippen LogP contribution in [-0.4, -0.2) is 60.4 Å². The fraction of sp³-hybridized carbons (Fsp3) is 0.562. The lowest BCUT2D eigenvalue weighted by molar-refractivity contribution is 0.129. The van der Waals surface area contributed by atoms with E-state index in [1.165, 1.54) is 11.1 Å². The highest BCUT2D eigenvalue weighted by molar-refractivity contribution is 5.69. The van der Waals surface area contributed by atoms with Crippen molar-refractivity contribution < 1.29 is 14.6 Å². The van der Waals surface area contributed by atoms with Gasteiger partial charge in [0.15, 0.2) is 0 Å². The van der Waals surface area contributed by atoms with Gasteiger partial charge in [0.1, 0.15) is 6.61 Å². The molecule has 1 aromatic carbocycles. The van der Waals surface area contributed by atoms with Crippen LogP contribution in [0.3, 0.4) is 0 Å². The average Bonchev–Trinajstić information content (AvgIpc) is 3.10. The predicted molar refractivity (Wildman–Crippen MR) is 79.1 cm³/mol. The van der Waals surface area contributed by atoms with Gasteiger partial charge in [-0.3, -0.25) is 4.90 Å². The third-order valence-corrected chi connectivity index (χ3v) is 4.43. The number of ether oxygens (including phenoxy) is 1. The van der Waals surface area contributed by atoms with E-state index in [2.05, 4.69) is 29.2 Å². The molecule has 1 aromatic rings. The highest BCUT2D eigenvalue weighted by Crippen LogP contribution is 2.35. The number of hydrogen-bond acceptors (Lipinski definition) is 4. The molecule has 0 spiro atoms. The molecule has 1 saturated heterocycles. The number of aliphatic hydroxyl groups excluding tert-OH is 1. The molecule has 0 aromatic heterocycles. The largest absolute Gasteiger partial charge is 0.448 e. The Kier molecular flexibility index (Phi) is 4.41. The first kappa shape index (κ1) is 14.4. The van der Waals surface area contributed by atoms with Crippen LogP contribution in [0.4, 0.5) is 4.79 Å². The first-order valence-electron chi connectivity index (χ1n) is 7.64. The SMILES string of the molecule is O=C1OCCN1CCN(CCO)[C@H]1CCc2ccccc21. The molecule has 0 bridgehead atoms. The van der Waals surface area contributed by atoms with E-state index in [4.69, 9.17) is 4.74 Å². The second kappa shape index (κ2) is 6.45. The Bertz CT molecular complexity index is 506. The van der Waals surface area contributed by atoms with Crippen molar-refractivity contribution in [3.8, 4) is 0 Å². The van der Waals surface area contributed by atoms with Crippen molar-refractivity contribution in [3.63, 3.8) is 0 Å². The summed E-state index contributed by atoms with van der Waals surface area (Å²) in [5.41, 5.74) is 2.78. The number of aryl methyl sites for hydroxylation is 1. The third kappa shape index (κ3) is 3.04. The van der Waals surface area contributed by atoms with Gasteiger partial charge in [0.25, 0.3) is 0 Å². The van der Waals surface area contributed by atoms with Crippen LogP contribution in [0.15, 0.2) is 24.3 Å². The van der Waals surface area contributed by atoms with Crippen molar-refractivity contribution in [2.45, 2.75) is 18.9 Å². The van der Waals surface area contributed by atoms with Crippen LogP contribution >= 0.6 is 0 Å². The van der Waals surface area contributed by atoms with Crippen molar-refractivity contribution in [3.05, 3.63) is 35.4 Å². The predicted octanol–water partition coefficient (Wildman–Crippen LogP) is 1.42.